The van der Waals surface area contributed by atoms with Gasteiger partial charge in [0.2, 0.25) is 5.91 Å². The first-order valence-electron chi connectivity index (χ1n) is 5.82. The van der Waals surface area contributed by atoms with Crippen LogP contribution in [-0.4, -0.2) is 29.3 Å². The first-order valence-corrected chi connectivity index (χ1v) is 6.45. The van der Waals surface area contributed by atoms with E-state index in [4.69, 9.17) is 0 Å². The number of hydrogen-bond donors (Lipinski definition) is 3. The largest absolute Gasteiger partial charge is 0.481 e. The van der Waals surface area contributed by atoms with E-state index in [9.17, 15) is 14.7 Å². The van der Waals surface area contributed by atoms with Gasteiger partial charge in [0.25, 0.3) is 0 Å². The highest BCUT2D eigenvalue weighted by molar-refractivity contribution is 7.80. The minimum Gasteiger partial charge on any atom is -0.481 e. The van der Waals surface area contributed by atoms with E-state index in [1.165, 1.54) is 0 Å². The fourth-order valence-electron chi connectivity index (χ4n) is 2.04. The van der Waals surface area contributed by atoms with Crippen molar-refractivity contribution < 1.29 is 14.7 Å². The molecule has 5 heteroatoms. The van der Waals surface area contributed by atoms with Crippen LogP contribution in [0, 0.1) is 11.3 Å². The topological polar surface area (TPSA) is 66.4 Å². The Morgan fingerprint density at radius 3 is 2.88 bits per heavy atom. The van der Waals surface area contributed by atoms with Crippen LogP contribution in [0.2, 0.25) is 0 Å². The number of carboxylic acid groups (broad SMARTS) is 1. The fourth-order valence-corrected chi connectivity index (χ4v) is 2.20. The molecule has 1 amide bonds. The molecule has 1 aliphatic rings. The molecule has 2 N–H and O–H groups in total. The average molecular weight is 257 g/mol. The summed E-state index contributed by atoms with van der Waals surface area (Å²) in [6.07, 6.45) is 5.62. The van der Waals surface area contributed by atoms with Crippen LogP contribution in [0.1, 0.15) is 26.2 Å². The Hall–Kier alpha value is -0.970. The molecular weight excluding hydrogens is 238 g/mol. The third kappa shape index (κ3) is 3.25. The van der Waals surface area contributed by atoms with Crippen molar-refractivity contribution in [2.45, 2.75) is 26.2 Å². The van der Waals surface area contributed by atoms with E-state index in [-0.39, 0.29) is 5.91 Å². The minimum atomic E-state index is -1.08. The second-order valence-electron chi connectivity index (χ2n) is 4.49. The number of aliphatic carboxylic acids is 1. The Balaban J connectivity index is 2.70. The van der Waals surface area contributed by atoms with Crippen molar-refractivity contribution in [2.75, 3.05) is 12.3 Å². The van der Waals surface area contributed by atoms with Gasteiger partial charge in [-0.1, -0.05) is 12.2 Å². The third-order valence-electron chi connectivity index (χ3n) is 3.22. The van der Waals surface area contributed by atoms with E-state index < -0.39 is 17.3 Å². The van der Waals surface area contributed by atoms with Gasteiger partial charge in [-0.15, -0.1) is 0 Å². The number of allylic oxidation sites excluding steroid dienone is 1. The van der Waals surface area contributed by atoms with Crippen LogP contribution in [0.5, 0.6) is 0 Å². The fraction of sp³-hybridized carbons (Fsp3) is 0.667. The van der Waals surface area contributed by atoms with Gasteiger partial charge in [-0.05, 0) is 31.9 Å². The zero-order valence-electron chi connectivity index (χ0n) is 9.98. The van der Waals surface area contributed by atoms with Gasteiger partial charge in [0.05, 0.1) is 11.3 Å². The Kier molecular flexibility index (Phi) is 5.05. The minimum absolute atomic E-state index is 0.166. The Morgan fingerprint density at radius 1 is 1.59 bits per heavy atom. The molecule has 0 saturated heterocycles. The number of carbonyl (C=O) groups is 2. The van der Waals surface area contributed by atoms with E-state index >= 15 is 0 Å². The molecular formula is C12H19NO3S. The van der Waals surface area contributed by atoms with Crippen molar-refractivity contribution in [3.05, 3.63) is 12.2 Å². The highest BCUT2D eigenvalue weighted by Gasteiger charge is 2.44. The van der Waals surface area contributed by atoms with E-state index in [0.29, 0.717) is 18.7 Å². The summed E-state index contributed by atoms with van der Waals surface area (Å²) in [5, 5.41) is 12.0. The molecule has 0 heterocycles. The quantitative estimate of drug-likeness (QED) is 0.397. The zero-order valence-corrected chi connectivity index (χ0v) is 10.9. The molecule has 0 aromatic rings. The van der Waals surface area contributed by atoms with Gasteiger partial charge in [-0.2, -0.15) is 12.6 Å². The zero-order chi connectivity index (χ0) is 12.9. The summed E-state index contributed by atoms with van der Waals surface area (Å²) >= 11 is 4.06. The summed E-state index contributed by atoms with van der Waals surface area (Å²) in [6.45, 7) is 2.16. The van der Waals surface area contributed by atoms with Crippen molar-refractivity contribution in [3.8, 4) is 0 Å². The van der Waals surface area contributed by atoms with Crippen molar-refractivity contribution >= 4 is 24.5 Å². The van der Waals surface area contributed by atoms with Crippen molar-refractivity contribution in [2.24, 2.45) is 11.3 Å². The van der Waals surface area contributed by atoms with Crippen LogP contribution >= 0.6 is 12.6 Å². The maximum absolute atomic E-state index is 12.0. The number of thiol groups is 1. The first-order chi connectivity index (χ1) is 8.02. The van der Waals surface area contributed by atoms with Crippen molar-refractivity contribution in [1.29, 1.82) is 0 Å². The van der Waals surface area contributed by atoms with Crippen LogP contribution in [0.15, 0.2) is 12.2 Å². The summed E-state index contributed by atoms with van der Waals surface area (Å²) in [7, 11) is 0. The number of carboxylic acids is 1. The SMILES string of the molecule is CC1(C(=O)O)C=CCCC1C(=O)NCCCS. The molecule has 96 valence electrons. The highest BCUT2D eigenvalue weighted by atomic mass is 32.1. The van der Waals surface area contributed by atoms with Crippen LogP contribution in [0.4, 0.5) is 0 Å². The molecule has 0 aromatic carbocycles. The van der Waals surface area contributed by atoms with Crippen LogP contribution in [0.25, 0.3) is 0 Å². The van der Waals surface area contributed by atoms with Crippen LogP contribution in [-0.2, 0) is 9.59 Å². The lowest BCUT2D eigenvalue weighted by Crippen LogP contribution is -2.45. The second-order valence-corrected chi connectivity index (χ2v) is 4.94. The van der Waals surface area contributed by atoms with Gasteiger partial charge < -0.3 is 10.4 Å². The maximum atomic E-state index is 12.0. The summed E-state index contributed by atoms with van der Waals surface area (Å²) in [4.78, 5) is 23.2. The molecule has 1 rings (SSSR count). The molecule has 1 aliphatic carbocycles. The lowest BCUT2D eigenvalue weighted by molar-refractivity contribution is -0.152. The number of hydrogen-bond acceptors (Lipinski definition) is 3. The van der Waals surface area contributed by atoms with Crippen LogP contribution < -0.4 is 5.32 Å². The third-order valence-corrected chi connectivity index (χ3v) is 3.54. The monoisotopic (exact) mass is 257 g/mol. The molecule has 0 spiro atoms. The number of carbonyl (C=O) groups excluding carboxylic acids is 1. The standard InChI is InChI=1S/C12H19NO3S/c1-12(11(15)16)6-3-2-5-9(12)10(14)13-7-4-8-17/h3,6,9,17H,2,4-5,7-8H2,1H3,(H,13,14)(H,15,16). The molecule has 0 fully saturated rings. The van der Waals surface area contributed by atoms with Gasteiger partial charge >= 0.3 is 5.97 Å². The van der Waals surface area contributed by atoms with Gasteiger partial charge in [0.1, 0.15) is 0 Å². The average Bonchev–Trinajstić information content (AvgIpc) is 2.29. The van der Waals surface area contributed by atoms with Gasteiger partial charge in [0.15, 0.2) is 0 Å². The molecule has 17 heavy (non-hydrogen) atoms. The molecule has 2 atom stereocenters. The Morgan fingerprint density at radius 2 is 2.29 bits per heavy atom. The van der Waals surface area contributed by atoms with Gasteiger partial charge in [0, 0.05) is 6.54 Å². The predicted molar refractivity (Wildman–Crippen MR) is 69.1 cm³/mol. The van der Waals surface area contributed by atoms with E-state index in [1.807, 2.05) is 6.08 Å². The molecule has 0 aromatic heterocycles. The molecule has 2 unspecified atom stereocenters. The Bertz CT molecular complexity index is 330. The Labute approximate surface area is 107 Å². The lowest BCUT2D eigenvalue weighted by atomic mass is 9.71. The van der Waals surface area contributed by atoms with Crippen LogP contribution in [0.3, 0.4) is 0 Å². The van der Waals surface area contributed by atoms with Gasteiger partial charge in [-0.3, -0.25) is 9.59 Å². The van der Waals surface area contributed by atoms with E-state index in [2.05, 4.69) is 17.9 Å². The number of amides is 1. The first kappa shape index (κ1) is 14.1. The maximum Gasteiger partial charge on any atom is 0.314 e. The molecule has 0 bridgehead atoms. The summed E-state index contributed by atoms with van der Waals surface area (Å²) in [5.74, 6) is -0.880. The normalized spacial score (nSPS) is 27.8. The summed E-state index contributed by atoms with van der Waals surface area (Å²) < 4.78 is 0. The number of nitrogens with one attached hydrogen (secondary N) is 1. The van der Waals surface area contributed by atoms with E-state index in [0.717, 1.165) is 12.8 Å². The summed E-state index contributed by atoms with van der Waals surface area (Å²) in [6, 6.07) is 0. The predicted octanol–water partition coefficient (Wildman–Crippen LogP) is 1.48. The smallest absolute Gasteiger partial charge is 0.314 e. The number of rotatable bonds is 5. The molecule has 4 nitrogen and oxygen atoms in total. The molecule has 0 saturated carbocycles. The highest BCUT2D eigenvalue weighted by Crippen LogP contribution is 2.36. The van der Waals surface area contributed by atoms with E-state index in [1.54, 1.807) is 13.0 Å². The van der Waals surface area contributed by atoms with Crippen molar-refractivity contribution in [3.63, 3.8) is 0 Å². The second kappa shape index (κ2) is 6.10. The molecule has 0 radical (unpaired) electrons. The van der Waals surface area contributed by atoms with Crippen molar-refractivity contribution in [1.82, 2.24) is 5.32 Å². The summed E-state index contributed by atoms with van der Waals surface area (Å²) in [5.41, 5.74) is -1.08. The lowest BCUT2D eigenvalue weighted by Gasteiger charge is -2.32. The molecule has 0 aliphatic heterocycles. The van der Waals surface area contributed by atoms with Gasteiger partial charge in [-0.25, -0.2) is 0 Å².